The lowest BCUT2D eigenvalue weighted by Crippen LogP contribution is -2.48. The van der Waals surface area contributed by atoms with E-state index in [0.717, 1.165) is 11.1 Å². The molecule has 0 aliphatic carbocycles. The summed E-state index contributed by atoms with van der Waals surface area (Å²) in [5, 5.41) is 7.67. The Morgan fingerprint density at radius 1 is 1.19 bits per heavy atom. The molecular formula is C24H26F3N7O2. The molecule has 0 amide bonds. The topological polar surface area (TPSA) is 81.7 Å². The number of aromatic nitrogens is 5. The highest BCUT2D eigenvalue weighted by molar-refractivity contribution is 5.89. The summed E-state index contributed by atoms with van der Waals surface area (Å²) in [6.45, 7) is 3.45. The molecular weight excluding hydrogens is 475 g/mol. The van der Waals surface area contributed by atoms with E-state index < -0.39 is 25.2 Å². The van der Waals surface area contributed by atoms with Gasteiger partial charge in [-0.05, 0) is 30.7 Å². The maximum Gasteiger partial charge on any atom is 0.256 e. The van der Waals surface area contributed by atoms with Gasteiger partial charge in [-0.1, -0.05) is 6.07 Å². The molecule has 2 aliphatic heterocycles. The SMILES string of the molecule is COc1nc(N[C@@H]2CN(C3COC3)C[C@@H]2F)nn2ccc(-c3ccc4nc(C)n(CC(F)F)c4c3)c12. The fourth-order valence-corrected chi connectivity index (χ4v) is 5.03. The number of halogens is 3. The van der Waals surface area contributed by atoms with Crippen LogP contribution < -0.4 is 10.1 Å². The van der Waals surface area contributed by atoms with Crippen molar-refractivity contribution in [2.75, 3.05) is 38.7 Å². The molecule has 0 saturated carbocycles. The van der Waals surface area contributed by atoms with Crippen LogP contribution in [-0.2, 0) is 11.3 Å². The van der Waals surface area contributed by atoms with E-state index in [1.165, 1.54) is 11.7 Å². The maximum absolute atomic E-state index is 14.7. The van der Waals surface area contributed by atoms with E-state index >= 15 is 0 Å². The van der Waals surface area contributed by atoms with Crippen molar-refractivity contribution >= 4 is 22.5 Å². The number of alkyl halides is 3. The zero-order valence-electron chi connectivity index (χ0n) is 19.9. The van der Waals surface area contributed by atoms with E-state index in [4.69, 9.17) is 9.47 Å². The number of ether oxygens (including phenoxy) is 2. The Morgan fingerprint density at radius 3 is 2.75 bits per heavy atom. The molecule has 9 nitrogen and oxygen atoms in total. The van der Waals surface area contributed by atoms with Crippen molar-refractivity contribution in [1.82, 2.24) is 29.0 Å². The lowest BCUT2D eigenvalue weighted by molar-refractivity contribution is -0.0585. The predicted molar refractivity (Wildman–Crippen MR) is 127 cm³/mol. The summed E-state index contributed by atoms with van der Waals surface area (Å²) in [5.74, 6) is 1.12. The molecule has 0 unspecified atom stereocenters. The lowest BCUT2D eigenvalue weighted by atomic mass is 10.1. The minimum Gasteiger partial charge on any atom is -0.479 e. The van der Waals surface area contributed by atoms with E-state index in [1.807, 2.05) is 24.3 Å². The molecule has 190 valence electrons. The monoisotopic (exact) mass is 501 g/mol. The minimum atomic E-state index is -2.49. The molecule has 5 heterocycles. The van der Waals surface area contributed by atoms with Gasteiger partial charge >= 0.3 is 0 Å². The zero-order valence-corrected chi connectivity index (χ0v) is 19.9. The van der Waals surface area contributed by atoms with Gasteiger partial charge < -0.3 is 19.4 Å². The largest absolute Gasteiger partial charge is 0.479 e. The van der Waals surface area contributed by atoms with Crippen molar-refractivity contribution in [2.24, 2.45) is 0 Å². The van der Waals surface area contributed by atoms with Crippen LogP contribution in [0.25, 0.3) is 27.7 Å². The van der Waals surface area contributed by atoms with Crippen LogP contribution in [0.1, 0.15) is 5.82 Å². The van der Waals surface area contributed by atoms with E-state index in [-0.39, 0.29) is 12.0 Å². The summed E-state index contributed by atoms with van der Waals surface area (Å²) in [6, 6.07) is 7.22. The number of benzene rings is 1. The zero-order chi connectivity index (χ0) is 25.0. The van der Waals surface area contributed by atoms with Gasteiger partial charge in [0.25, 0.3) is 6.43 Å². The second-order valence-electron chi connectivity index (χ2n) is 9.24. The van der Waals surface area contributed by atoms with Crippen LogP contribution in [0.15, 0.2) is 30.5 Å². The van der Waals surface area contributed by atoms with Gasteiger partial charge in [0.2, 0.25) is 11.8 Å². The Morgan fingerprint density at radius 2 is 2.03 bits per heavy atom. The van der Waals surface area contributed by atoms with Gasteiger partial charge in [-0.2, -0.15) is 4.98 Å². The molecule has 0 spiro atoms. The molecule has 12 heteroatoms. The van der Waals surface area contributed by atoms with Crippen molar-refractivity contribution in [1.29, 1.82) is 0 Å². The number of hydrogen-bond donors (Lipinski definition) is 1. The van der Waals surface area contributed by atoms with Crippen LogP contribution >= 0.6 is 0 Å². The molecule has 2 atom stereocenters. The van der Waals surface area contributed by atoms with Crippen LogP contribution in [0.4, 0.5) is 19.1 Å². The van der Waals surface area contributed by atoms with Gasteiger partial charge in [0.15, 0.2) is 0 Å². The second kappa shape index (κ2) is 8.93. The molecule has 2 aliphatic rings. The molecule has 2 fully saturated rings. The quantitative estimate of drug-likeness (QED) is 0.417. The molecule has 36 heavy (non-hydrogen) atoms. The Bertz CT molecular complexity index is 1420. The molecule has 4 aromatic rings. The first-order valence-electron chi connectivity index (χ1n) is 11.8. The van der Waals surface area contributed by atoms with Crippen molar-refractivity contribution in [2.45, 2.75) is 38.1 Å². The maximum atomic E-state index is 14.7. The Kier molecular flexibility index (Phi) is 5.72. The molecule has 2 saturated heterocycles. The normalized spacial score (nSPS) is 21.1. The number of rotatable bonds is 7. The Hall–Kier alpha value is -3.38. The summed E-state index contributed by atoms with van der Waals surface area (Å²) < 4.78 is 55.0. The summed E-state index contributed by atoms with van der Waals surface area (Å²) in [7, 11) is 1.51. The number of likely N-dealkylation sites (tertiary alicyclic amines) is 1. The molecule has 0 bridgehead atoms. The lowest BCUT2D eigenvalue weighted by Gasteiger charge is -2.34. The highest BCUT2D eigenvalue weighted by Gasteiger charge is 2.39. The van der Waals surface area contributed by atoms with E-state index in [1.54, 1.807) is 17.6 Å². The summed E-state index contributed by atoms with van der Waals surface area (Å²) in [5.41, 5.74) is 3.47. The molecule has 6 rings (SSSR count). The van der Waals surface area contributed by atoms with E-state index in [2.05, 4.69) is 25.3 Å². The average molecular weight is 502 g/mol. The number of hydrogen-bond acceptors (Lipinski definition) is 7. The third kappa shape index (κ3) is 3.94. The van der Waals surface area contributed by atoms with Gasteiger partial charge in [0, 0.05) is 24.8 Å². The third-order valence-corrected chi connectivity index (χ3v) is 6.97. The highest BCUT2D eigenvalue weighted by Crippen LogP contribution is 2.34. The average Bonchev–Trinajstić information content (AvgIpc) is 3.47. The first kappa shape index (κ1) is 23.0. The van der Waals surface area contributed by atoms with Crippen LogP contribution in [0, 0.1) is 6.92 Å². The fourth-order valence-electron chi connectivity index (χ4n) is 5.03. The number of fused-ring (bicyclic) bond motifs is 2. The van der Waals surface area contributed by atoms with E-state index in [0.29, 0.717) is 54.6 Å². The van der Waals surface area contributed by atoms with Crippen molar-refractivity contribution in [3.63, 3.8) is 0 Å². The number of aryl methyl sites for hydroxylation is 1. The smallest absolute Gasteiger partial charge is 0.256 e. The van der Waals surface area contributed by atoms with Gasteiger partial charge in [-0.25, -0.2) is 22.7 Å². The Labute approximate surface area is 204 Å². The minimum absolute atomic E-state index is 0.262. The number of imidazole rings is 1. The van der Waals surface area contributed by atoms with Crippen molar-refractivity contribution < 1.29 is 22.6 Å². The summed E-state index contributed by atoms with van der Waals surface area (Å²) >= 11 is 0. The number of anilines is 1. The van der Waals surface area contributed by atoms with Crippen molar-refractivity contribution in [3.8, 4) is 17.0 Å². The van der Waals surface area contributed by atoms with Gasteiger partial charge in [-0.3, -0.25) is 4.90 Å². The van der Waals surface area contributed by atoms with Gasteiger partial charge in [0.1, 0.15) is 17.5 Å². The van der Waals surface area contributed by atoms with Crippen molar-refractivity contribution in [3.05, 3.63) is 36.3 Å². The summed E-state index contributed by atoms with van der Waals surface area (Å²) in [4.78, 5) is 11.0. The van der Waals surface area contributed by atoms with Gasteiger partial charge in [0.05, 0.1) is 50.0 Å². The first-order valence-corrected chi connectivity index (χ1v) is 11.8. The third-order valence-electron chi connectivity index (χ3n) is 6.97. The van der Waals surface area contributed by atoms with Crippen LogP contribution in [0.2, 0.25) is 0 Å². The molecule has 1 aromatic carbocycles. The number of methoxy groups -OCH3 is 1. The van der Waals surface area contributed by atoms with Crippen LogP contribution in [0.5, 0.6) is 5.88 Å². The predicted octanol–water partition coefficient (Wildman–Crippen LogP) is 3.16. The highest BCUT2D eigenvalue weighted by atomic mass is 19.3. The number of nitrogens with one attached hydrogen (secondary N) is 1. The molecule has 1 N–H and O–H groups in total. The molecule has 0 radical (unpaired) electrons. The Balaban J connectivity index is 1.33. The molecule has 3 aromatic heterocycles. The van der Waals surface area contributed by atoms with Crippen LogP contribution in [0.3, 0.4) is 0 Å². The first-order chi connectivity index (χ1) is 17.4. The fraction of sp³-hybridized carbons (Fsp3) is 0.458. The standard InChI is InChI=1S/C24H26F3N7O2/c1-13-28-18-4-3-14(7-20(18)33(13)10-21(26)27)16-5-6-34-22(16)23(35-2)30-24(31-34)29-19-9-32(8-17(19)25)15-11-36-12-15/h3-7,15,17,19,21H,8-12H2,1-2H3,(H,29,31)/t17-,19+/m0/s1. The number of nitrogens with zero attached hydrogens (tertiary/aromatic N) is 6. The summed E-state index contributed by atoms with van der Waals surface area (Å²) in [6.07, 6.45) is -1.77. The van der Waals surface area contributed by atoms with Gasteiger partial charge in [-0.15, -0.1) is 5.10 Å². The van der Waals surface area contributed by atoms with Crippen LogP contribution in [-0.4, -0.2) is 87.1 Å². The van der Waals surface area contributed by atoms with E-state index in [9.17, 15) is 13.2 Å². The second-order valence-corrected chi connectivity index (χ2v) is 9.24.